The van der Waals surface area contributed by atoms with Crippen LogP contribution in [0.2, 0.25) is 5.28 Å². The van der Waals surface area contributed by atoms with Crippen molar-refractivity contribution in [2.45, 2.75) is 13.3 Å². The summed E-state index contributed by atoms with van der Waals surface area (Å²) in [7, 11) is 0. The molecule has 1 fully saturated rings. The third-order valence-electron chi connectivity index (χ3n) is 2.82. The molecule has 94 valence electrons. The van der Waals surface area contributed by atoms with Gasteiger partial charge in [0.25, 0.3) is 0 Å². The summed E-state index contributed by atoms with van der Waals surface area (Å²) in [5, 5.41) is 3.66. The van der Waals surface area contributed by atoms with E-state index >= 15 is 0 Å². The van der Waals surface area contributed by atoms with Gasteiger partial charge in [0.15, 0.2) is 0 Å². The SMILES string of the molecule is Cc1nc(Cl)ncc1N1CC(CN=[N+]=[N-])CC1=O. The van der Waals surface area contributed by atoms with Crippen LogP contribution in [-0.4, -0.2) is 29.0 Å². The van der Waals surface area contributed by atoms with Gasteiger partial charge in [-0.25, -0.2) is 9.97 Å². The third kappa shape index (κ3) is 2.52. The van der Waals surface area contributed by atoms with E-state index in [0.717, 1.165) is 0 Å². The van der Waals surface area contributed by atoms with Crippen LogP contribution >= 0.6 is 11.6 Å². The van der Waals surface area contributed by atoms with Crippen LogP contribution in [0.15, 0.2) is 11.3 Å². The zero-order valence-electron chi connectivity index (χ0n) is 9.75. The van der Waals surface area contributed by atoms with Crippen molar-refractivity contribution in [3.8, 4) is 0 Å². The van der Waals surface area contributed by atoms with Crippen molar-refractivity contribution in [3.05, 3.63) is 27.6 Å². The molecule has 2 heterocycles. The van der Waals surface area contributed by atoms with Crippen LogP contribution in [0.5, 0.6) is 0 Å². The fraction of sp³-hybridized carbons (Fsp3) is 0.500. The molecule has 8 heteroatoms. The standard InChI is InChI=1S/C10H11ClN6O/c1-6-8(4-13-10(11)15-6)17-5-7(2-9(17)18)3-14-16-12/h4,7H,2-3,5H2,1H3. The van der Waals surface area contributed by atoms with Gasteiger partial charge in [-0.15, -0.1) is 0 Å². The maximum absolute atomic E-state index is 11.9. The average Bonchev–Trinajstić information content (AvgIpc) is 2.68. The molecule has 0 saturated carbocycles. The van der Waals surface area contributed by atoms with E-state index in [1.54, 1.807) is 18.0 Å². The van der Waals surface area contributed by atoms with Gasteiger partial charge in [-0.2, -0.15) is 0 Å². The first kappa shape index (κ1) is 12.6. The van der Waals surface area contributed by atoms with Gasteiger partial charge in [0.1, 0.15) is 0 Å². The number of aromatic nitrogens is 2. The molecule has 1 aromatic rings. The normalized spacial score (nSPS) is 18.9. The minimum atomic E-state index is -0.0119. The van der Waals surface area contributed by atoms with Crippen molar-refractivity contribution >= 4 is 23.2 Å². The zero-order chi connectivity index (χ0) is 13.1. The Bertz CT molecular complexity index is 527. The first-order valence-electron chi connectivity index (χ1n) is 5.42. The van der Waals surface area contributed by atoms with Gasteiger partial charge in [-0.3, -0.25) is 4.79 Å². The number of rotatable bonds is 3. The number of carbonyl (C=O) groups is 1. The third-order valence-corrected chi connectivity index (χ3v) is 3.01. The second kappa shape index (κ2) is 5.20. The summed E-state index contributed by atoms with van der Waals surface area (Å²) >= 11 is 5.68. The molecule has 18 heavy (non-hydrogen) atoms. The number of anilines is 1. The zero-order valence-corrected chi connectivity index (χ0v) is 10.5. The number of hydrogen-bond acceptors (Lipinski definition) is 4. The molecule has 0 radical (unpaired) electrons. The second-order valence-electron chi connectivity index (χ2n) is 4.10. The van der Waals surface area contributed by atoms with E-state index < -0.39 is 0 Å². The maximum Gasteiger partial charge on any atom is 0.227 e. The molecule has 2 rings (SSSR count). The highest BCUT2D eigenvalue weighted by Gasteiger charge is 2.31. The second-order valence-corrected chi connectivity index (χ2v) is 4.44. The lowest BCUT2D eigenvalue weighted by Gasteiger charge is -2.17. The number of carbonyl (C=O) groups excluding carboxylic acids is 1. The molecule has 0 spiro atoms. The number of aryl methyl sites for hydroxylation is 1. The summed E-state index contributed by atoms with van der Waals surface area (Å²) in [5.41, 5.74) is 9.60. The smallest absolute Gasteiger partial charge is 0.227 e. The molecule has 1 amide bonds. The fourth-order valence-electron chi connectivity index (χ4n) is 1.99. The molecule has 0 aliphatic carbocycles. The number of azide groups is 1. The Balaban J connectivity index is 2.18. The Labute approximate surface area is 108 Å². The summed E-state index contributed by atoms with van der Waals surface area (Å²) in [6.07, 6.45) is 1.92. The lowest BCUT2D eigenvalue weighted by molar-refractivity contribution is -0.117. The summed E-state index contributed by atoms with van der Waals surface area (Å²) in [6.45, 7) is 2.62. The first-order valence-corrected chi connectivity index (χ1v) is 5.80. The van der Waals surface area contributed by atoms with Crippen LogP contribution in [0.25, 0.3) is 10.4 Å². The fourth-order valence-corrected chi connectivity index (χ4v) is 2.16. The van der Waals surface area contributed by atoms with Crippen LogP contribution < -0.4 is 4.90 Å². The van der Waals surface area contributed by atoms with Crippen molar-refractivity contribution in [3.63, 3.8) is 0 Å². The molecule has 0 N–H and O–H groups in total. The average molecular weight is 267 g/mol. The molecule has 1 atom stereocenters. The molecule has 1 aliphatic heterocycles. The Hall–Kier alpha value is -1.85. The van der Waals surface area contributed by atoms with Crippen molar-refractivity contribution in [2.24, 2.45) is 11.0 Å². The summed E-state index contributed by atoms with van der Waals surface area (Å²) in [6, 6.07) is 0. The van der Waals surface area contributed by atoms with E-state index in [2.05, 4.69) is 20.0 Å². The van der Waals surface area contributed by atoms with Crippen molar-refractivity contribution in [1.82, 2.24) is 9.97 Å². The Kier molecular flexibility index (Phi) is 3.64. The Morgan fingerprint density at radius 1 is 1.72 bits per heavy atom. The topological polar surface area (TPSA) is 94.8 Å². The van der Waals surface area contributed by atoms with E-state index in [4.69, 9.17) is 17.1 Å². The van der Waals surface area contributed by atoms with Crippen LogP contribution in [-0.2, 0) is 4.79 Å². The molecular formula is C10H11ClN6O. The maximum atomic E-state index is 11.9. The van der Waals surface area contributed by atoms with Gasteiger partial charge in [0.2, 0.25) is 11.2 Å². The van der Waals surface area contributed by atoms with E-state index in [-0.39, 0.29) is 17.1 Å². The number of hydrogen-bond donors (Lipinski definition) is 0. The summed E-state index contributed by atoms with van der Waals surface area (Å²) in [4.78, 5) is 24.1. The molecule has 1 unspecified atom stereocenters. The summed E-state index contributed by atoms with van der Waals surface area (Å²) in [5.74, 6) is 0.0330. The minimum Gasteiger partial charge on any atom is -0.309 e. The van der Waals surface area contributed by atoms with Gasteiger partial charge < -0.3 is 4.90 Å². The van der Waals surface area contributed by atoms with Crippen molar-refractivity contribution in [1.29, 1.82) is 0 Å². The van der Waals surface area contributed by atoms with Gasteiger partial charge in [0.05, 0.1) is 17.6 Å². The lowest BCUT2D eigenvalue weighted by Crippen LogP contribution is -2.26. The largest absolute Gasteiger partial charge is 0.309 e. The van der Waals surface area contributed by atoms with Gasteiger partial charge >= 0.3 is 0 Å². The minimum absolute atomic E-state index is 0.0119. The molecule has 1 aromatic heterocycles. The number of nitrogens with zero attached hydrogens (tertiary/aromatic N) is 6. The van der Waals surface area contributed by atoms with Crippen LogP contribution in [0.1, 0.15) is 12.1 Å². The quantitative estimate of drug-likeness (QED) is 0.363. The molecule has 1 aliphatic rings. The van der Waals surface area contributed by atoms with E-state index in [1.807, 2.05) is 0 Å². The number of halogens is 1. The van der Waals surface area contributed by atoms with Crippen molar-refractivity contribution < 1.29 is 4.79 Å². The van der Waals surface area contributed by atoms with E-state index in [1.165, 1.54) is 0 Å². The highest BCUT2D eigenvalue weighted by Crippen LogP contribution is 2.27. The van der Waals surface area contributed by atoms with E-state index in [9.17, 15) is 4.79 Å². The molecule has 0 bridgehead atoms. The lowest BCUT2D eigenvalue weighted by atomic mass is 10.1. The van der Waals surface area contributed by atoms with Gasteiger partial charge in [0, 0.05) is 24.4 Å². The highest BCUT2D eigenvalue weighted by atomic mass is 35.5. The first-order chi connectivity index (χ1) is 8.61. The van der Waals surface area contributed by atoms with Crippen molar-refractivity contribution in [2.75, 3.05) is 18.0 Å². The predicted octanol–water partition coefficient (Wildman–Crippen LogP) is 2.10. The van der Waals surface area contributed by atoms with Crippen LogP contribution in [0.3, 0.4) is 0 Å². The molecule has 1 saturated heterocycles. The van der Waals surface area contributed by atoms with Gasteiger partial charge in [-0.05, 0) is 30.0 Å². The summed E-state index contributed by atoms with van der Waals surface area (Å²) < 4.78 is 0. The van der Waals surface area contributed by atoms with Gasteiger partial charge in [-0.1, -0.05) is 5.11 Å². The molecule has 7 nitrogen and oxygen atoms in total. The van der Waals surface area contributed by atoms with E-state index in [0.29, 0.717) is 30.9 Å². The predicted molar refractivity (Wildman–Crippen MR) is 66.3 cm³/mol. The monoisotopic (exact) mass is 266 g/mol. The molecular weight excluding hydrogens is 256 g/mol. The Morgan fingerprint density at radius 3 is 3.17 bits per heavy atom. The highest BCUT2D eigenvalue weighted by molar-refractivity contribution is 6.28. The number of amides is 1. The van der Waals surface area contributed by atoms with Crippen LogP contribution in [0, 0.1) is 12.8 Å². The molecule has 0 aromatic carbocycles. The van der Waals surface area contributed by atoms with Crippen LogP contribution in [0.4, 0.5) is 5.69 Å². The Morgan fingerprint density at radius 2 is 2.50 bits per heavy atom.